The molecule has 1 aromatic carbocycles. The number of nitrogens with zero attached hydrogens (tertiary/aromatic N) is 4. The summed E-state index contributed by atoms with van der Waals surface area (Å²) in [7, 11) is 0. The van der Waals surface area contributed by atoms with Crippen molar-refractivity contribution >= 4 is 33.8 Å². The van der Waals surface area contributed by atoms with Crippen LogP contribution in [0.5, 0.6) is 5.75 Å². The zero-order valence-corrected chi connectivity index (χ0v) is 18.0. The van der Waals surface area contributed by atoms with Gasteiger partial charge < -0.3 is 24.9 Å². The number of hydrogen-bond acceptors (Lipinski definition) is 6. The van der Waals surface area contributed by atoms with Crippen molar-refractivity contribution in [2.75, 3.05) is 18.9 Å². The fourth-order valence-electron chi connectivity index (χ4n) is 4.18. The van der Waals surface area contributed by atoms with E-state index in [1.807, 2.05) is 25.1 Å². The molecule has 2 aromatic heterocycles. The van der Waals surface area contributed by atoms with Crippen LogP contribution in [0.25, 0.3) is 21.9 Å². The van der Waals surface area contributed by atoms with E-state index in [1.54, 1.807) is 0 Å². The Morgan fingerprint density at radius 3 is 2.87 bits per heavy atom. The third-order valence-electron chi connectivity index (χ3n) is 5.60. The molecule has 4 rings (SSSR count). The van der Waals surface area contributed by atoms with E-state index in [0.717, 1.165) is 48.1 Å². The minimum atomic E-state index is -0.955. The average molecular weight is 428 g/mol. The lowest BCUT2D eigenvalue weighted by Gasteiger charge is -2.33. The molecule has 0 spiro atoms. The first-order valence-electron chi connectivity index (χ1n) is 10.9. The Morgan fingerprint density at radius 1 is 1.29 bits per heavy atom. The van der Waals surface area contributed by atoms with E-state index in [4.69, 9.17) is 20.2 Å². The first kappa shape index (κ1) is 21.2. The number of likely N-dealkylation sites (tertiary alicyclic amines) is 1. The standard InChI is InChI=1S/C22H29N5O4/c1-3-10-26-17(13-30-4-2)25-19-20(26)15-12-14(8-9-16(15)24-21(19)23)31-18-7-5-6-11-27(18)22(28)29/h8-9,12,18H,3-7,10-11,13H2,1-2H3,(H2,23,24)(H,28,29). The first-order chi connectivity index (χ1) is 15.0. The summed E-state index contributed by atoms with van der Waals surface area (Å²) >= 11 is 0. The summed E-state index contributed by atoms with van der Waals surface area (Å²) in [6.45, 7) is 6.33. The van der Waals surface area contributed by atoms with E-state index in [9.17, 15) is 9.90 Å². The van der Waals surface area contributed by atoms with Crippen LogP contribution in [0.2, 0.25) is 0 Å². The van der Waals surface area contributed by atoms with E-state index in [2.05, 4.69) is 16.5 Å². The smallest absolute Gasteiger partial charge is 0.410 e. The van der Waals surface area contributed by atoms with Crippen LogP contribution in [0, 0.1) is 0 Å². The van der Waals surface area contributed by atoms with Gasteiger partial charge in [0.25, 0.3) is 0 Å². The quantitative estimate of drug-likeness (QED) is 0.586. The Hall–Kier alpha value is -3.07. The third kappa shape index (κ3) is 4.10. The number of carboxylic acid groups (broad SMARTS) is 1. The molecular formula is C22H29N5O4. The van der Waals surface area contributed by atoms with Crippen LogP contribution in [-0.2, 0) is 17.9 Å². The minimum Gasteiger partial charge on any atom is -0.470 e. The van der Waals surface area contributed by atoms with Gasteiger partial charge in [-0.05, 0) is 44.4 Å². The Labute approximate surface area is 180 Å². The minimum absolute atomic E-state index is 0.383. The van der Waals surface area contributed by atoms with Gasteiger partial charge in [-0.25, -0.2) is 14.8 Å². The lowest BCUT2D eigenvalue weighted by Crippen LogP contribution is -2.46. The van der Waals surface area contributed by atoms with Crippen LogP contribution in [0.15, 0.2) is 18.2 Å². The van der Waals surface area contributed by atoms with Gasteiger partial charge >= 0.3 is 6.09 Å². The Bertz CT molecular complexity index is 1100. The first-order valence-corrected chi connectivity index (χ1v) is 10.9. The maximum atomic E-state index is 11.6. The summed E-state index contributed by atoms with van der Waals surface area (Å²) < 4.78 is 13.9. The number of hydrogen-bond donors (Lipinski definition) is 2. The third-order valence-corrected chi connectivity index (χ3v) is 5.60. The predicted octanol–water partition coefficient (Wildman–Crippen LogP) is 3.98. The van der Waals surface area contributed by atoms with Crippen molar-refractivity contribution in [2.45, 2.75) is 58.9 Å². The van der Waals surface area contributed by atoms with Gasteiger partial charge in [0.1, 0.15) is 23.7 Å². The van der Waals surface area contributed by atoms with Gasteiger partial charge in [-0.2, -0.15) is 0 Å². The maximum absolute atomic E-state index is 11.6. The number of fused-ring (bicyclic) bond motifs is 3. The Kier molecular flexibility index (Phi) is 6.13. The molecule has 166 valence electrons. The number of anilines is 1. The number of aromatic nitrogens is 3. The number of ether oxygens (including phenoxy) is 2. The van der Waals surface area contributed by atoms with Gasteiger partial charge in [0.05, 0.1) is 11.0 Å². The number of imidazole rings is 1. The van der Waals surface area contributed by atoms with E-state index in [1.165, 1.54) is 4.90 Å². The van der Waals surface area contributed by atoms with E-state index < -0.39 is 12.3 Å². The normalized spacial score (nSPS) is 16.8. The number of pyridine rings is 1. The van der Waals surface area contributed by atoms with Crippen LogP contribution < -0.4 is 10.5 Å². The van der Waals surface area contributed by atoms with Crippen molar-refractivity contribution in [1.82, 2.24) is 19.4 Å². The molecule has 0 aliphatic carbocycles. The molecule has 1 amide bonds. The molecule has 0 bridgehead atoms. The second-order valence-electron chi connectivity index (χ2n) is 7.73. The summed E-state index contributed by atoms with van der Waals surface area (Å²) in [6, 6.07) is 5.59. The number of rotatable bonds is 7. The number of benzene rings is 1. The molecule has 3 N–H and O–H groups in total. The Morgan fingerprint density at radius 2 is 2.13 bits per heavy atom. The van der Waals surface area contributed by atoms with Crippen LogP contribution in [0.1, 0.15) is 45.4 Å². The topological polar surface area (TPSA) is 116 Å². The molecule has 1 saturated heterocycles. The molecular weight excluding hydrogens is 398 g/mol. The highest BCUT2D eigenvalue weighted by atomic mass is 16.5. The van der Waals surface area contributed by atoms with Crippen molar-refractivity contribution in [3.63, 3.8) is 0 Å². The molecule has 1 unspecified atom stereocenters. The monoisotopic (exact) mass is 427 g/mol. The van der Waals surface area contributed by atoms with Gasteiger partial charge in [0.15, 0.2) is 12.0 Å². The van der Waals surface area contributed by atoms with Gasteiger partial charge in [-0.3, -0.25) is 4.90 Å². The summed E-state index contributed by atoms with van der Waals surface area (Å²) in [5, 5.41) is 10.4. The zero-order chi connectivity index (χ0) is 22.0. The van der Waals surface area contributed by atoms with Gasteiger partial charge in [0.2, 0.25) is 0 Å². The maximum Gasteiger partial charge on any atom is 0.410 e. The highest BCUT2D eigenvalue weighted by molar-refractivity contribution is 6.07. The summed E-state index contributed by atoms with van der Waals surface area (Å²) in [5.41, 5.74) is 8.54. The predicted molar refractivity (Wildman–Crippen MR) is 118 cm³/mol. The molecule has 1 aliphatic heterocycles. The molecule has 0 saturated carbocycles. The largest absolute Gasteiger partial charge is 0.470 e. The summed E-state index contributed by atoms with van der Waals surface area (Å²) in [6.07, 6.45) is 1.95. The molecule has 9 heteroatoms. The molecule has 3 heterocycles. The number of aryl methyl sites for hydroxylation is 1. The number of nitrogen functional groups attached to an aromatic ring is 1. The summed E-state index contributed by atoms with van der Waals surface area (Å²) in [5.74, 6) is 1.80. The van der Waals surface area contributed by atoms with E-state index >= 15 is 0 Å². The molecule has 1 fully saturated rings. The van der Waals surface area contributed by atoms with E-state index in [0.29, 0.717) is 43.3 Å². The lowest BCUT2D eigenvalue weighted by atomic mass is 10.1. The van der Waals surface area contributed by atoms with Crippen LogP contribution in [0.3, 0.4) is 0 Å². The second kappa shape index (κ2) is 8.97. The highest BCUT2D eigenvalue weighted by Crippen LogP contribution is 2.32. The molecule has 1 atom stereocenters. The van der Waals surface area contributed by atoms with Crippen LogP contribution in [-0.4, -0.2) is 50.0 Å². The number of piperidine rings is 1. The second-order valence-corrected chi connectivity index (χ2v) is 7.73. The molecule has 1 aliphatic rings. The highest BCUT2D eigenvalue weighted by Gasteiger charge is 2.28. The van der Waals surface area contributed by atoms with Gasteiger partial charge in [-0.1, -0.05) is 6.92 Å². The van der Waals surface area contributed by atoms with Crippen molar-refractivity contribution in [2.24, 2.45) is 0 Å². The molecule has 3 aromatic rings. The van der Waals surface area contributed by atoms with Gasteiger partial charge in [0, 0.05) is 31.5 Å². The molecule has 0 radical (unpaired) electrons. The average Bonchev–Trinajstić information content (AvgIpc) is 3.12. The molecule has 31 heavy (non-hydrogen) atoms. The number of carbonyl (C=O) groups is 1. The fourth-order valence-corrected chi connectivity index (χ4v) is 4.18. The molecule has 9 nitrogen and oxygen atoms in total. The van der Waals surface area contributed by atoms with Crippen molar-refractivity contribution in [3.8, 4) is 5.75 Å². The summed E-state index contributed by atoms with van der Waals surface area (Å²) in [4.78, 5) is 22.2. The fraction of sp³-hybridized carbons (Fsp3) is 0.500. The van der Waals surface area contributed by atoms with Crippen LogP contribution >= 0.6 is 0 Å². The SMILES string of the molecule is CCCn1c(COCC)nc2c(N)nc3ccc(OC4CCCCN4C(=O)O)cc3c21. The number of nitrogens with two attached hydrogens (primary N) is 1. The van der Waals surface area contributed by atoms with Crippen molar-refractivity contribution < 1.29 is 19.4 Å². The van der Waals surface area contributed by atoms with Crippen molar-refractivity contribution in [3.05, 3.63) is 24.0 Å². The Balaban J connectivity index is 1.80. The number of amides is 1. The zero-order valence-electron chi connectivity index (χ0n) is 18.0. The van der Waals surface area contributed by atoms with Crippen molar-refractivity contribution in [1.29, 1.82) is 0 Å². The lowest BCUT2D eigenvalue weighted by molar-refractivity contribution is 0.00607. The van der Waals surface area contributed by atoms with E-state index in [-0.39, 0.29) is 0 Å². The van der Waals surface area contributed by atoms with Gasteiger partial charge in [-0.15, -0.1) is 0 Å². The van der Waals surface area contributed by atoms with Crippen LogP contribution in [0.4, 0.5) is 10.6 Å².